The summed E-state index contributed by atoms with van der Waals surface area (Å²) in [5.41, 5.74) is 0.0684. The van der Waals surface area contributed by atoms with Gasteiger partial charge in [-0.1, -0.05) is 0 Å². The van der Waals surface area contributed by atoms with Gasteiger partial charge in [0.15, 0.2) is 6.61 Å². The van der Waals surface area contributed by atoms with Crippen LogP contribution in [0.5, 0.6) is 0 Å². The zero-order valence-corrected chi connectivity index (χ0v) is 10.4. The van der Waals surface area contributed by atoms with E-state index >= 15 is 0 Å². The quantitative estimate of drug-likeness (QED) is 0.699. The number of nitrogens with zero attached hydrogens (tertiary/aromatic N) is 2. The van der Waals surface area contributed by atoms with Crippen LogP contribution in [-0.2, 0) is 19.6 Å². The highest BCUT2D eigenvalue weighted by Gasteiger charge is 2.25. The Morgan fingerprint density at radius 1 is 1.47 bits per heavy atom. The highest BCUT2D eigenvalue weighted by Crippen LogP contribution is 2.16. The number of carbonyl (C=O) groups excluding carboxylic acids is 1. The molecule has 6 nitrogen and oxygen atoms in total. The number of rotatable bonds is 3. The number of alkyl halides is 2. The summed E-state index contributed by atoms with van der Waals surface area (Å²) in [6.07, 6.45) is 1.22. The first kappa shape index (κ1) is 13.7. The van der Waals surface area contributed by atoms with E-state index in [-0.39, 0.29) is 23.7 Å². The first-order valence-corrected chi connectivity index (χ1v) is 6.93. The Morgan fingerprint density at radius 2 is 2.21 bits per heavy atom. The third kappa shape index (κ3) is 3.37. The summed E-state index contributed by atoms with van der Waals surface area (Å²) >= 11 is 0. The van der Waals surface area contributed by atoms with Crippen LogP contribution in [0.2, 0.25) is 0 Å². The van der Waals surface area contributed by atoms with Gasteiger partial charge in [0.2, 0.25) is 0 Å². The first-order valence-electron chi connectivity index (χ1n) is 5.32. The molecule has 0 aromatic rings. The van der Waals surface area contributed by atoms with Gasteiger partial charge in [-0.3, -0.25) is 0 Å². The van der Waals surface area contributed by atoms with E-state index in [1.807, 2.05) is 0 Å². The lowest BCUT2D eigenvalue weighted by molar-refractivity contribution is -0.142. The van der Waals surface area contributed by atoms with Crippen molar-refractivity contribution in [2.45, 2.75) is 6.43 Å². The first-order chi connectivity index (χ1) is 8.87. The van der Waals surface area contributed by atoms with Gasteiger partial charge in [-0.05, 0) is 12.2 Å². The monoisotopic (exact) mass is 292 g/mol. The zero-order valence-electron chi connectivity index (χ0n) is 9.62. The van der Waals surface area contributed by atoms with E-state index < -0.39 is 29.0 Å². The molecule has 0 saturated carbocycles. The van der Waals surface area contributed by atoms with E-state index in [0.29, 0.717) is 0 Å². The Bertz CT molecular complexity index is 580. The third-order valence-corrected chi connectivity index (χ3v) is 3.56. The number of ether oxygens (including phenoxy) is 1. The smallest absolute Gasteiger partial charge is 0.339 e. The molecule has 0 N–H and O–H groups in total. The fraction of sp³-hybridized carbons (Fsp3) is 0.400. The molecular formula is C10H10F2N2O4S. The van der Waals surface area contributed by atoms with E-state index in [0.717, 1.165) is 0 Å². The van der Waals surface area contributed by atoms with Crippen molar-refractivity contribution in [1.82, 2.24) is 4.90 Å². The van der Waals surface area contributed by atoms with E-state index in [2.05, 4.69) is 9.13 Å². The molecule has 2 aliphatic rings. The Balaban J connectivity index is 2.10. The van der Waals surface area contributed by atoms with Gasteiger partial charge in [0.1, 0.15) is 5.84 Å². The van der Waals surface area contributed by atoms with E-state index in [1.165, 1.54) is 23.3 Å². The Morgan fingerprint density at radius 3 is 2.89 bits per heavy atom. The number of sulfonamides is 1. The molecular weight excluding hydrogens is 282 g/mol. The standard InChI is InChI=1S/C10H10F2N2O4S/c11-8(12)6-18-10(15)7-1-2-9-13-19(16,17)4-3-14(9)5-7/h1-2,5,8H,3-4,6H2. The van der Waals surface area contributed by atoms with Gasteiger partial charge in [0.05, 0.1) is 11.3 Å². The van der Waals surface area contributed by atoms with Crippen LogP contribution in [-0.4, -0.2) is 50.5 Å². The second kappa shape index (κ2) is 5.08. The highest BCUT2D eigenvalue weighted by atomic mass is 32.2. The second-order valence-electron chi connectivity index (χ2n) is 3.84. The minimum atomic E-state index is -3.46. The van der Waals surface area contributed by atoms with Crippen LogP contribution in [0.3, 0.4) is 0 Å². The summed E-state index contributed by atoms with van der Waals surface area (Å²) in [7, 11) is -3.46. The normalized spacial score (nSPS) is 20.7. The predicted octanol–water partition coefficient (Wildman–Crippen LogP) is 0.292. The highest BCUT2D eigenvalue weighted by molar-refractivity contribution is 7.90. The van der Waals surface area contributed by atoms with Crippen molar-refractivity contribution in [3.63, 3.8) is 0 Å². The van der Waals surface area contributed by atoms with Crippen molar-refractivity contribution in [1.29, 1.82) is 0 Å². The molecule has 2 aliphatic heterocycles. The van der Waals surface area contributed by atoms with Crippen molar-refractivity contribution in [2.75, 3.05) is 18.9 Å². The van der Waals surface area contributed by atoms with Gasteiger partial charge in [0.25, 0.3) is 16.4 Å². The van der Waals surface area contributed by atoms with Crippen molar-refractivity contribution < 1.29 is 26.7 Å². The minimum Gasteiger partial charge on any atom is -0.456 e. The number of esters is 1. The molecule has 2 heterocycles. The maximum Gasteiger partial charge on any atom is 0.339 e. The molecule has 0 spiro atoms. The fourth-order valence-corrected chi connectivity index (χ4v) is 2.51. The van der Waals surface area contributed by atoms with Crippen LogP contribution in [0, 0.1) is 0 Å². The maximum absolute atomic E-state index is 11.9. The molecule has 104 valence electrons. The lowest BCUT2D eigenvalue weighted by Crippen LogP contribution is -2.37. The third-order valence-electron chi connectivity index (χ3n) is 2.40. The number of fused-ring (bicyclic) bond motifs is 1. The molecule has 0 bridgehead atoms. The molecule has 0 aliphatic carbocycles. The van der Waals surface area contributed by atoms with Crippen LogP contribution in [0.1, 0.15) is 0 Å². The Kier molecular flexibility index (Phi) is 3.65. The van der Waals surface area contributed by atoms with E-state index in [1.54, 1.807) is 0 Å². The molecule has 0 radical (unpaired) electrons. The molecule has 19 heavy (non-hydrogen) atoms. The van der Waals surface area contributed by atoms with Crippen LogP contribution in [0.15, 0.2) is 28.3 Å². The molecule has 0 saturated heterocycles. The van der Waals surface area contributed by atoms with Gasteiger partial charge in [-0.25, -0.2) is 22.0 Å². The molecule has 0 aromatic heterocycles. The summed E-state index contributed by atoms with van der Waals surface area (Å²) in [5, 5.41) is 0. The van der Waals surface area contributed by atoms with E-state index in [9.17, 15) is 22.0 Å². The van der Waals surface area contributed by atoms with Crippen molar-refractivity contribution in [3.05, 3.63) is 23.9 Å². The average molecular weight is 292 g/mol. The number of halogens is 2. The topological polar surface area (TPSA) is 76.0 Å². The Hall–Kier alpha value is -1.77. The van der Waals surface area contributed by atoms with Gasteiger partial charge in [-0.2, -0.15) is 0 Å². The molecule has 0 unspecified atom stereocenters. The van der Waals surface area contributed by atoms with Crippen molar-refractivity contribution in [2.24, 2.45) is 4.40 Å². The van der Waals surface area contributed by atoms with Gasteiger partial charge < -0.3 is 9.64 Å². The number of hydrogen-bond donors (Lipinski definition) is 0. The van der Waals surface area contributed by atoms with Crippen LogP contribution >= 0.6 is 0 Å². The minimum absolute atomic E-state index is 0.0684. The summed E-state index contributed by atoms with van der Waals surface area (Å²) in [5.74, 6) is -0.860. The summed E-state index contributed by atoms with van der Waals surface area (Å²) in [6.45, 7) is -0.823. The molecule has 9 heteroatoms. The molecule has 0 fully saturated rings. The molecule has 0 aromatic carbocycles. The largest absolute Gasteiger partial charge is 0.456 e. The predicted molar refractivity (Wildman–Crippen MR) is 62.1 cm³/mol. The Labute approximate surface area is 108 Å². The number of amidine groups is 1. The van der Waals surface area contributed by atoms with Gasteiger partial charge >= 0.3 is 5.97 Å². The molecule has 0 amide bonds. The van der Waals surface area contributed by atoms with Gasteiger partial charge in [0, 0.05) is 12.7 Å². The van der Waals surface area contributed by atoms with Gasteiger partial charge in [-0.15, -0.1) is 4.40 Å². The lowest BCUT2D eigenvalue weighted by atomic mass is 10.2. The van der Waals surface area contributed by atoms with Crippen LogP contribution in [0.25, 0.3) is 0 Å². The van der Waals surface area contributed by atoms with Crippen molar-refractivity contribution >= 4 is 21.8 Å². The fourth-order valence-electron chi connectivity index (χ4n) is 1.54. The van der Waals surface area contributed by atoms with Crippen LogP contribution in [0.4, 0.5) is 8.78 Å². The summed E-state index contributed by atoms with van der Waals surface area (Å²) < 4.78 is 54.2. The average Bonchev–Trinajstić information content (AvgIpc) is 2.34. The SMILES string of the molecule is O=C(OCC(F)F)C1=CN2CCS(=O)(=O)N=C2C=C1. The molecule has 2 rings (SSSR count). The van der Waals surface area contributed by atoms with Crippen molar-refractivity contribution in [3.8, 4) is 0 Å². The van der Waals surface area contributed by atoms with E-state index in [4.69, 9.17) is 0 Å². The summed E-state index contributed by atoms with van der Waals surface area (Å²) in [6, 6.07) is 0. The maximum atomic E-state index is 11.9. The summed E-state index contributed by atoms with van der Waals surface area (Å²) in [4.78, 5) is 12.9. The lowest BCUT2D eigenvalue weighted by Gasteiger charge is -2.26. The number of hydrogen-bond acceptors (Lipinski definition) is 5. The zero-order chi connectivity index (χ0) is 14.0. The van der Waals surface area contributed by atoms with Crippen LogP contribution < -0.4 is 0 Å². The number of carbonyl (C=O) groups is 1. The molecule has 0 atom stereocenters. The second-order valence-corrected chi connectivity index (χ2v) is 5.59.